The standard InChI is InChI=1S/C20H28N4O5/c1-12(2)10-15(25)23-6-8-24(9-7-23)20-21-13-11-14(27-3)17(28-4)18(29-5)16(13)19(26)22-20/h11-12H,6-10H2,1-5H3,(H,21,22,26). The predicted molar refractivity (Wildman–Crippen MR) is 110 cm³/mol. The second-order valence-corrected chi connectivity index (χ2v) is 7.40. The SMILES string of the molecule is COc1cc2[nH]c(N3CCN(C(=O)CC(C)C)CC3)nc(=O)c2c(OC)c1OC. The lowest BCUT2D eigenvalue weighted by molar-refractivity contribution is -0.132. The third kappa shape index (κ3) is 4.08. The molecule has 1 saturated heterocycles. The third-order valence-corrected chi connectivity index (χ3v) is 5.01. The van der Waals surface area contributed by atoms with Gasteiger partial charge in [-0.15, -0.1) is 0 Å². The van der Waals surface area contributed by atoms with Crippen LogP contribution in [0.2, 0.25) is 0 Å². The topological polar surface area (TPSA) is 97.0 Å². The van der Waals surface area contributed by atoms with Gasteiger partial charge in [0.1, 0.15) is 5.39 Å². The van der Waals surface area contributed by atoms with E-state index < -0.39 is 5.56 Å². The summed E-state index contributed by atoms with van der Waals surface area (Å²) >= 11 is 0. The van der Waals surface area contributed by atoms with E-state index in [0.717, 1.165) is 0 Å². The van der Waals surface area contributed by atoms with Crippen LogP contribution in [0.25, 0.3) is 10.9 Å². The number of rotatable bonds is 6. The molecule has 0 atom stereocenters. The van der Waals surface area contributed by atoms with Gasteiger partial charge in [0.05, 0.1) is 26.8 Å². The van der Waals surface area contributed by atoms with Gasteiger partial charge in [0, 0.05) is 38.7 Å². The molecule has 9 nitrogen and oxygen atoms in total. The van der Waals surface area contributed by atoms with E-state index in [0.29, 0.717) is 66.9 Å². The van der Waals surface area contributed by atoms with E-state index in [2.05, 4.69) is 9.97 Å². The minimum absolute atomic E-state index is 0.168. The summed E-state index contributed by atoms with van der Waals surface area (Å²) in [5.74, 6) is 2.05. The fourth-order valence-corrected chi connectivity index (χ4v) is 3.56. The largest absolute Gasteiger partial charge is 0.493 e. The highest BCUT2D eigenvalue weighted by molar-refractivity contribution is 5.90. The number of nitrogens with one attached hydrogen (secondary N) is 1. The van der Waals surface area contributed by atoms with Crippen LogP contribution in [0, 0.1) is 5.92 Å². The van der Waals surface area contributed by atoms with Crippen molar-refractivity contribution >= 4 is 22.8 Å². The van der Waals surface area contributed by atoms with E-state index in [4.69, 9.17) is 14.2 Å². The Morgan fingerprint density at radius 1 is 1.10 bits per heavy atom. The van der Waals surface area contributed by atoms with Crippen LogP contribution < -0.4 is 24.7 Å². The number of anilines is 1. The highest BCUT2D eigenvalue weighted by atomic mass is 16.5. The molecule has 1 N–H and O–H groups in total. The molecule has 1 aromatic heterocycles. The van der Waals surface area contributed by atoms with Crippen LogP contribution >= 0.6 is 0 Å². The van der Waals surface area contributed by atoms with Crippen LogP contribution in [0.1, 0.15) is 20.3 Å². The van der Waals surface area contributed by atoms with Crippen molar-refractivity contribution in [3.63, 3.8) is 0 Å². The molecule has 1 aliphatic heterocycles. The number of nitrogens with zero attached hydrogens (tertiary/aromatic N) is 3. The number of hydrogen-bond acceptors (Lipinski definition) is 7. The fraction of sp³-hybridized carbons (Fsp3) is 0.550. The summed E-state index contributed by atoms with van der Waals surface area (Å²) in [5.41, 5.74) is 0.137. The quantitative estimate of drug-likeness (QED) is 0.782. The monoisotopic (exact) mass is 404 g/mol. The maximum absolute atomic E-state index is 12.8. The zero-order chi connectivity index (χ0) is 21.1. The van der Waals surface area contributed by atoms with E-state index in [-0.39, 0.29) is 11.7 Å². The molecule has 1 amide bonds. The predicted octanol–water partition coefficient (Wildman–Crippen LogP) is 1.64. The van der Waals surface area contributed by atoms with Gasteiger partial charge in [0.2, 0.25) is 17.6 Å². The van der Waals surface area contributed by atoms with Crippen LogP contribution in [0.15, 0.2) is 10.9 Å². The minimum atomic E-state index is -0.412. The molecule has 0 aliphatic carbocycles. The van der Waals surface area contributed by atoms with Crippen molar-refractivity contribution in [3.8, 4) is 17.2 Å². The van der Waals surface area contributed by atoms with E-state index >= 15 is 0 Å². The van der Waals surface area contributed by atoms with Crippen molar-refractivity contribution in [2.75, 3.05) is 52.4 Å². The van der Waals surface area contributed by atoms with Gasteiger partial charge in [0.25, 0.3) is 5.56 Å². The number of amides is 1. The van der Waals surface area contributed by atoms with E-state index in [1.54, 1.807) is 6.07 Å². The molecule has 29 heavy (non-hydrogen) atoms. The van der Waals surface area contributed by atoms with Crippen LogP contribution in [-0.4, -0.2) is 68.3 Å². The first kappa shape index (κ1) is 20.8. The van der Waals surface area contributed by atoms with Gasteiger partial charge < -0.3 is 29.0 Å². The second kappa shape index (κ2) is 8.59. The van der Waals surface area contributed by atoms with E-state index in [1.807, 2.05) is 23.6 Å². The van der Waals surface area contributed by atoms with Gasteiger partial charge in [-0.3, -0.25) is 9.59 Å². The van der Waals surface area contributed by atoms with Crippen molar-refractivity contribution in [2.45, 2.75) is 20.3 Å². The van der Waals surface area contributed by atoms with Crippen LogP contribution in [0.4, 0.5) is 5.95 Å². The number of methoxy groups -OCH3 is 3. The van der Waals surface area contributed by atoms with E-state index in [1.165, 1.54) is 21.3 Å². The number of aromatic nitrogens is 2. The van der Waals surface area contributed by atoms with Gasteiger partial charge in [0.15, 0.2) is 11.5 Å². The second-order valence-electron chi connectivity index (χ2n) is 7.40. The van der Waals surface area contributed by atoms with Gasteiger partial charge in [-0.1, -0.05) is 13.8 Å². The summed E-state index contributed by atoms with van der Waals surface area (Å²) in [4.78, 5) is 36.3. The molecule has 9 heteroatoms. The summed E-state index contributed by atoms with van der Waals surface area (Å²) in [6.07, 6.45) is 0.548. The molecule has 1 aromatic carbocycles. The maximum Gasteiger partial charge on any atom is 0.286 e. The highest BCUT2D eigenvalue weighted by Gasteiger charge is 2.25. The van der Waals surface area contributed by atoms with Crippen molar-refractivity contribution in [2.24, 2.45) is 5.92 Å². The molecule has 1 aliphatic rings. The van der Waals surface area contributed by atoms with Gasteiger partial charge in [-0.2, -0.15) is 4.98 Å². The lowest BCUT2D eigenvalue weighted by Crippen LogP contribution is -2.49. The van der Waals surface area contributed by atoms with Crippen molar-refractivity contribution in [1.29, 1.82) is 0 Å². The average molecular weight is 404 g/mol. The van der Waals surface area contributed by atoms with Gasteiger partial charge in [-0.25, -0.2) is 0 Å². The Morgan fingerprint density at radius 3 is 2.31 bits per heavy atom. The zero-order valence-corrected chi connectivity index (χ0v) is 17.6. The Hall–Kier alpha value is -2.97. The molecule has 2 heterocycles. The van der Waals surface area contributed by atoms with Crippen LogP contribution in [-0.2, 0) is 4.79 Å². The molecule has 2 aromatic rings. The summed E-state index contributed by atoms with van der Waals surface area (Å²) in [5, 5.41) is 0.305. The number of benzene rings is 1. The molecular formula is C20H28N4O5. The molecule has 1 fully saturated rings. The number of carbonyl (C=O) groups excluding carboxylic acids is 1. The number of aromatic amines is 1. The molecular weight excluding hydrogens is 376 g/mol. The normalized spacial score (nSPS) is 14.4. The van der Waals surface area contributed by atoms with Crippen molar-refractivity contribution < 1.29 is 19.0 Å². The molecule has 0 bridgehead atoms. The fourth-order valence-electron chi connectivity index (χ4n) is 3.56. The number of H-pyrrole nitrogens is 1. The Balaban J connectivity index is 1.91. The smallest absolute Gasteiger partial charge is 0.286 e. The van der Waals surface area contributed by atoms with Crippen LogP contribution in [0.5, 0.6) is 17.2 Å². The number of fused-ring (bicyclic) bond motifs is 1. The lowest BCUT2D eigenvalue weighted by Gasteiger charge is -2.35. The van der Waals surface area contributed by atoms with Crippen LogP contribution in [0.3, 0.4) is 0 Å². The summed E-state index contributed by atoms with van der Waals surface area (Å²) in [6, 6.07) is 1.70. The molecule has 0 spiro atoms. The molecule has 158 valence electrons. The first-order valence-electron chi connectivity index (χ1n) is 9.65. The Labute approximate surface area is 169 Å². The van der Waals surface area contributed by atoms with Crippen molar-refractivity contribution in [3.05, 3.63) is 16.4 Å². The number of ether oxygens (including phenoxy) is 3. The molecule has 0 saturated carbocycles. The average Bonchev–Trinajstić information content (AvgIpc) is 2.71. The summed E-state index contributed by atoms with van der Waals surface area (Å²) < 4.78 is 16.1. The maximum atomic E-state index is 12.8. The molecule has 3 rings (SSSR count). The number of hydrogen-bond donors (Lipinski definition) is 1. The zero-order valence-electron chi connectivity index (χ0n) is 17.6. The van der Waals surface area contributed by atoms with Gasteiger partial charge in [-0.05, 0) is 5.92 Å². The first-order valence-corrected chi connectivity index (χ1v) is 9.65. The number of carbonyl (C=O) groups is 1. The van der Waals surface area contributed by atoms with Gasteiger partial charge >= 0.3 is 0 Å². The highest BCUT2D eigenvalue weighted by Crippen LogP contribution is 2.41. The third-order valence-electron chi connectivity index (χ3n) is 5.01. The Kier molecular flexibility index (Phi) is 6.14. The van der Waals surface area contributed by atoms with E-state index in [9.17, 15) is 9.59 Å². The summed E-state index contributed by atoms with van der Waals surface area (Å²) in [7, 11) is 4.48. The first-order chi connectivity index (χ1) is 13.9. The Bertz CT molecular complexity index is 948. The molecule has 0 radical (unpaired) electrons. The minimum Gasteiger partial charge on any atom is -0.493 e. The lowest BCUT2D eigenvalue weighted by atomic mass is 10.1. The Morgan fingerprint density at radius 2 is 1.76 bits per heavy atom. The summed E-state index contributed by atoms with van der Waals surface area (Å²) in [6.45, 7) is 6.47. The van der Waals surface area contributed by atoms with Crippen molar-refractivity contribution in [1.82, 2.24) is 14.9 Å². The number of piperazine rings is 1. The molecule has 0 unspecified atom stereocenters.